The van der Waals surface area contributed by atoms with Crippen molar-refractivity contribution in [1.29, 1.82) is 0 Å². The van der Waals surface area contributed by atoms with E-state index in [1.54, 1.807) is 12.1 Å². The normalized spacial score (nSPS) is 10.9. The van der Waals surface area contributed by atoms with Crippen molar-refractivity contribution >= 4 is 23.2 Å². The average molecular weight is 252 g/mol. The number of unbranched alkanes of at least 4 members (excludes halogenated alkanes) is 1. The molecule has 90 valence electrons. The Labute approximate surface area is 102 Å². The molecule has 0 saturated heterocycles. The molecule has 0 N–H and O–H groups in total. The summed E-state index contributed by atoms with van der Waals surface area (Å²) < 4.78 is 1.27. The topological polar surface area (TPSA) is 73.3 Å². The summed E-state index contributed by atoms with van der Waals surface area (Å²) in [6.07, 6.45) is 3.59. The van der Waals surface area contributed by atoms with Crippen LogP contribution < -0.4 is 0 Å². The molecule has 0 radical (unpaired) electrons. The minimum Gasteiger partial charge on any atom is -0.358 e. The van der Waals surface area contributed by atoms with Crippen molar-refractivity contribution in [3.63, 3.8) is 0 Å². The third-order valence-electron chi connectivity index (χ3n) is 2.25. The summed E-state index contributed by atoms with van der Waals surface area (Å²) in [7, 11) is 0. The number of rotatable bonds is 5. The minimum absolute atomic E-state index is 0.0401. The fourth-order valence-corrected chi connectivity index (χ4v) is 2.50. The molecule has 0 spiro atoms. The van der Waals surface area contributed by atoms with E-state index in [9.17, 15) is 10.1 Å². The fourth-order valence-electron chi connectivity index (χ4n) is 1.42. The smallest absolute Gasteiger partial charge is 0.358 e. The monoisotopic (exact) mass is 252 g/mol. The van der Waals surface area contributed by atoms with E-state index in [2.05, 4.69) is 17.0 Å². The first-order valence-electron chi connectivity index (χ1n) is 5.35. The van der Waals surface area contributed by atoms with Gasteiger partial charge in [-0.05, 0) is 23.2 Å². The van der Waals surface area contributed by atoms with Crippen LogP contribution in [0.4, 0.5) is 5.82 Å². The summed E-state index contributed by atoms with van der Waals surface area (Å²) in [5.74, 6) is 0.794. The van der Waals surface area contributed by atoms with Crippen LogP contribution in [0.1, 0.15) is 19.8 Å². The van der Waals surface area contributed by atoms with E-state index in [0.717, 1.165) is 18.6 Å². The lowest BCUT2D eigenvalue weighted by molar-refractivity contribution is -0.394. The molecule has 2 rings (SSSR count). The van der Waals surface area contributed by atoms with Gasteiger partial charge < -0.3 is 10.1 Å². The van der Waals surface area contributed by atoms with Gasteiger partial charge in [0.15, 0.2) is 5.03 Å². The van der Waals surface area contributed by atoms with Gasteiger partial charge in [-0.15, -0.1) is 0 Å². The summed E-state index contributed by atoms with van der Waals surface area (Å²) >= 11 is 1.41. The maximum absolute atomic E-state index is 11.0. The van der Waals surface area contributed by atoms with E-state index >= 15 is 0 Å². The number of nitro groups is 1. The van der Waals surface area contributed by atoms with Crippen molar-refractivity contribution in [3.05, 3.63) is 28.4 Å². The molecule has 0 aliphatic rings. The average Bonchev–Trinajstić information content (AvgIpc) is 2.67. The largest absolute Gasteiger partial charge is 0.382 e. The highest BCUT2D eigenvalue weighted by molar-refractivity contribution is 7.99. The van der Waals surface area contributed by atoms with E-state index in [1.807, 2.05) is 0 Å². The van der Waals surface area contributed by atoms with Crippen LogP contribution in [0.2, 0.25) is 0 Å². The molecule has 6 nitrogen and oxygen atoms in total. The molecule has 0 atom stereocenters. The predicted octanol–water partition coefficient (Wildman–Crippen LogP) is 2.53. The van der Waals surface area contributed by atoms with Gasteiger partial charge in [0, 0.05) is 6.07 Å². The molecular weight excluding hydrogens is 240 g/mol. The number of imidazole rings is 1. The Bertz CT molecular complexity index is 540. The highest BCUT2D eigenvalue weighted by Gasteiger charge is 2.23. The molecule has 0 aromatic carbocycles. The summed E-state index contributed by atoms with van der Waals surface area (Å²) in [4.78, 5) is 14.8. The van der Waals surface area contributed by atoms with Crippen LogP contribution in [0, 0.1) is 10.1 Å². The van der Waals surface area contributed by atoms with E-state index in [0.29, 0.717) is 10.7 Å². The summed E-state index contributed by atoms with van der Waals surface area (Å²) in [6.45, 7) is 2.08. The van der Waals surface area contributed by atoms with Gasteiger partial charge in [-0.3, -0.25) is 0 Å². The lowest BCUT2D eigenvalue weighted by atomic mass is 10.4. The highest BCUT2D eigenvalue weighted by Crippen LogP contribution is 2.29. The van der Waals surface area contributed by atoms with Crippen molar-refractivity contribution in [2.45, 2.75) is 24.8 Å². The summed E-state index contributed by atoms with van der Waals surface area (Å²) in [5, 5.41) is 15.4. The predicted molar refractivity (Wildman–Crippen MR) is 65.3 cm³/mol. The second-order valence-electron chi connectivity index (χ2n) is 3.49. The first kappa shape index (κ1) is 11.8. The number of thioether (sulfide) groups is 1. The first-order valence-corrected chi connectivity index (χ1v) is 6.33. The second kappa shape index (κ2) is 5.13. The molecule has 0 aliphatic heterocycles. The fraction of sp³-hybridized carbons (Fsp3) is 0.400. The maximum Gasteiger partial charge on any atom is 0.382 e. The third-order valence-corrected chi connectivity index (χ3v) is 3.29. The van der Waals surface area contributed by atoms with Gasteiger partial charge in [0.1, 0.15) is 0 Å². The quantitative estimate of drug-likeness (QED) is 0.354. The first-order chi connectivity index (χ1) is 8.24. The van der Waals surface area contributed by atoms with Crippen LogP contribution in [-0.2, 0) is 0 Å². The van der Waals surface area contributed by atoms with E-state index in [1.165, 1.54) is 22.5 Å². The number of aromatic nitrogens is 3. The molecule has 0 amide bonds. The van der Waals surface area contributed by atoms with Crippen molar-refractivity contribution in [2.24, 2.45) is 0 Å². The number of hydrogen-bond acceptors (Lipinski definition) is 5. The Balaban J connectivity index is 2.39. The lowest BCUT2D eigenvalue weighted by Gasteiger charge is -1.96. The van der Waals surface area contributed by atoms with Gasteiger partial charge in [0.2, 0.25) is 5.65 Å². The molecule has 17 heavy (non-hydrogen) atoms. The molecule has 2 heterocycles. The van der Waals surface area contributed by atoms with E-state index < -0.39 is 4.92 Å². The minimum atomic E-state index is -0.429. The van der Waals surface area contributed by atoms with Crippen molar-refractivity contribution in [2.75, 3.05) is 5.75 Å². The van der Waals surface area contributed by atoms with Crippen LogP contribution in [-0.4, -0.2) is 25.3 Å². The molecule has 0 bridgehead atoms. The summed E-state index contributed by atoms with van der Waals surface area (Å²) in [5.41, 5.74) is 0.512. The Morgan fingerprint density at radius 3 is 3.12 bits per heavy atom. The molecule has 0 aliphatic carbocycles. The third kappa shape index (κ3) is 2.38. The maximum atomic E-state index is 11.0. The highest BCUT2D eigenvalue weighted by atomic mass is 32.2. The van der Waals surface area contributed by atoms with Gasteiger partial charge in [0.05, 0.1) is 6.20 Å². The number of fused-ring (bicyclic) bond motifs is 1. The number of hydrogen-bond donors (Lipinski definition) is 0. The Kier molecular flexibility index (Phi) is 3.58. The molecule has 0 fully saturated rings. The molecule has 0 saturated carbocycles. The van der Waals surface area contributed by atoms with Crippen LogP contribution in [0.15, 0.2) is 23.4 Å². The van der Waals surface area contributed by atoms with Gasteiger partial charge in [-0.2, -0.15) is 4.98 Å². The van der Waals surface area contributed by atoms with Crippen LogP contribution >= 0.6 is 11.8 Å². The van der Waals surface area contributed by atoms with Crippen molar-refractivity contribution < 1.29 is 4.92 Å². The van der Waals surface area contributed by atoms with Gasteiger partial charge in [0.25, 0.3) is 0 Å². The van der Waals surface area contributed by atoms with Gasteiger partial charge >= 0.3 is 5.82 Å². The molecular formula is C10H12N4O2S. The summed E-state index contributed by atoms with van der Waals surface area (Å²) in [6, 6.07) is 3.43. The lowest BCUT2D eigenvalue weighted by Crippen LogP contribution is -1.98. The zero-order valence-electron chi connectivity index (χ0n) is 9.37. The second-order valence-corrected chi connectivity index (χ2v) is 4.58. The van der Waals surface area contributed by atoms with E-state index in [4.69, 9.17) is 0 Å². The van der Waals surface area contributed by atoms with Crippen LogP contribution in [0.25, 0.3) is 5.65 Å². The Hall–Kier alpha value is -1.63. The Morgan fingerprint density at radius 2 is 2.41 bits per heavy atom. The zero-order valence-corrected chi connectivity index (χ0v) is 10.2. The standard InChI is InChI=1S/C10H12N4O2S/c1-2-3-7-17-9-10(14(15)16)13-8(12-9)5-4-6-11-13/h4-6H,2-3,7H2,1H3. The molecule has 2 aromatic rings. The zero-order chi connectivity index (χ0) is 12.3. The van der Waals surface area contributed by atoms with Gasteiger partial charge in [-0.1, -0.05) is 34.7 Å². The van der Waals surface area contributed by atoms with Crippen molar-refractivity contribution in [3.8, 4) is 0 Å². The van der Waals surface area contributed by atoms with E-state index in [-0.39, 0.29) is 5.82 Å². The SMILES string of the molecule is CCCCSc1nc2cccnn2c1[N+](=O)[O-]. The molecule has 2 aromatic heterocycles. The van der Waals surface area contributed by atoms with Crippen molar-refractivity contribution in [1.82, 2.24) is 14.6 Å². The molecule has 7 heteroatoms. The van der Waals surface area contributed by atoms with Crippen LogP contribution in [0.5, 0.6) is 0 Å². The Morgan fingerprint density at radius 1 is 1.59 bits per heavy atom. The van der Waals surface area contributed by atoms with Gasteiger partial charge in [-0.25, -0.2) is 0 Å². The van der Waals surface area contributed by atoms with Crippen LogP contribution in [0.3, 0.4) is 0 Å². The number of nitrogens with zero attached hydrogens (tertiary/aromatic N) is 4. The molecule has 0 unspecified atom stereocenters.